The van der Waals surface area contributed by atoms with Gasteiger partial charge in [0.2, 0.25) is 10.9 Å². The van der Waals surface area contributed by atoms with E-state index in [2.05, 4.69) is 9.72 Å². The van der Waals surface area contributed by atoms with Gasteiger partial charge in [-0.1, -0.05) is 11.6 Å². The van der Waals surface area contributed by atoms with Crippen molar-refractivity contribution in [3.8, 4) is 0 Å². The summed E-state index contributed by atoms with van der Waals surface area (Å²) in [4.78, 5) is 24.7. The molecule has 1 aromatic rings. The highest BCUT2D eigenvalue weighted by atomic mass is 35.5. The van der Waals surface area contributed by atoms with Gasteiger partial charge < -0.3 is 9.84 Å². The highest BCUT2D eigenvalue weighted by Crippen LogP contribution is 2.27. The molecule has 0 saturated carbocycles. The Morgan fingerprint density at radius 1 is 1.72 bits per heavy atom. The minimum absolute atomic E-state index is 0.0365. The van der Waals surface area contributed by atoms with Gasteiger partial charge in [0.05, 0.1) is 17.1 Å². The van der Waals surface area contributed by atoms with Crippen LogP contribution in [0.2, 0.25) is 5.15 Å². The molecule has 0 amide bonds. The number of nitrogens with zero attached hydrogens (tertiary/aromatic N) is 2. The summed E-state index contributed by atoms with van der Waals surface area (Å²) in [7, 11) is 0. The SMILES string of the molecule is CCOC(=O)/C(O)=C\c1ccnc(Cl)c1[N+](=O)[O-]. The molecule has 96 valence electrons. The average molecular weight is 273 g/mol. The maximum atomic E-state index is 11.2. The van der Waals surface area contributed by atoms with Crippen molar-refractivity contribution < 1.29 is 19.6 Å². The standard InChI is InChI=1S/C10H9ClN2O5/c1-2-18-10(15)7(14)5-6-3-4-12-9(11)8(6)13(16)17/h3-5,14H,2H2,1H3/b7-5+. The number of ether oxygens (including phenoxy) is 1. The summed E-state index contributed by atoms with van der Waals surface area (Å²) >= 11 is 5.57. The fourth-order valence-corrected chi connectivity index (χ4v) is 1.39. The molecular formula is C10H9ClN2O5. The lowest BCUT2D eigenvalue weighted by molar-refractivity contribution is -0.385. The van der Waals surface area contributed by atoms with E-state index in [9.17, 15) is 20.0 Å². The van der Waals surface area contributed by atoms with Gasteiger partial charge in [0.25, 0.3) is 0 Å². The zero-order valence-corrected chi connectivity index (χ0v) is 10.0. The van der Waals surface area contributed by atoms with Crippen LogP contribution in [0.1, 0.15) is 12.5 Å². The van der Waals surface area contributed by atoms with E-state index in [-0.39, 0.29) is 17.3 Å². The Morgan fingerprint density at radius 2 is 2.39 bits per heavy atom. The summed E-state index contributed by atoms with van der Waals surface area (Å²) < 4.78 is 4.53. The number of esters is 1. The molecule has 0 atom stereocenters. The number of halogens is 1. The van der Waals surface area contributed by atoms with Gasteiger partial charge in [-0.25, -0.2) is 9.78 Å². The summed E-state index contributed by atoms with van der Waals surface area (Å²) in [5, 5.41) is 19.8. The van der Waals surface area contributed by atoms with Crippen LogP contribution in [0.3, 0.4) is 0 Å². The molecule has 1 rings (SSSR count). The lowest BCUT2D eigenvalue weighted by atomic mass is 10.2. The van der Waals surface area contributed by atoms with Crippen molar-refractivity contribution in [3.63, 3.8) is 0 Å². The van der Waals surface area contributed by atoms with Crippen LogP contribution in [0, 0.1) is 10.1 Å². The van der Waals surface area contributed by atoms with E-state index in [0.717, 1.165) is 6.08 Å². The molecule has 0 unspecified atom stereocenters. The Labute approximate surface area is 107 Å². The zero-order chi connectivity index (χ0) is 13.7. The molecule has 0 spiro atoms. The second-order valence-electron chi connectivity index (χ2n) is 3.05. The Hall–Kier alpha value is -2.15. The van der Waals surface area contributed by atoms with Gasteiger partial charge in [0.15, 0.2) is 0 Å². The molecule has 0 radical (unpaired) electrons. The van der Waals surface area contributed by atoms with E-state index < -0.39 is 22.3 Å². The first-order chi connectivity index (χ1) is 8.47. The molecule has 0 aliphatic carbocycles. The quantitative estimate of drug-likeness (QED) is 0.225. The van der Waals surface area contributed by atoms with Crippen molar-refractivity contribution >= 4 is 29.3 Å². The van der Waals surface area contributed by atoms with Crippen molar-refractivity contribution in [2.45, 2.75) is 6.92 Å². The molecule has 8 heteroatoms. The summed E-state index contributed by atoms with van der Waals surface area (Å²) in [6.45, 7) is 1.65. The molecule has 18 heavy (non-hydrogen) atoms. The van der Waals surface area contributed by atoms with Crippen molar-refractivity contribution in [3.05, 3.63) is 38.9 Å². The number of hydrogen-bond acceptors (Lipinski definition) is 6. The molecule has 7 nitrogen and oxygen atoms in total. The maximum Gasteiger partial charge on any atom is 0.373 e. The Kier molecular flexibility index (Phi) is 4.61. The molecule has 0 saturated heterocycles. The molecule has 0 bridgehead atoms. The number of nitro groups is 1. The van der Waals surface area contributed by atoms with Gasteiger partial charge in [0.1, 0.15) is 0 Å². The number of rotatable bonds is 4. The zero-order valence-electron chi connectivity index (χ0n) is 9.29. The van der Waals surface area contributed by atoms with E-state index >= 15 is 0 Å². The number of carbonyl (C=O) groups excluding carboxylic acids is 1. The van der Waals surface area contributed by atoms with E-state index in [0.29, 0.717) is 0 Å². The summed E-state index contributed by atoms with van der Waals surface area (Å²) in [6.07, 6.45) is 2.13. The molecule has 0 aromatic carbocycles. The summed E-state index contributed by atoms with van der Waals surface area (Å²) in [5.41, 5.74) is -0.527. The second-order valence-corrected chi connectivity index (χ2v) is 3.40. The first-order valence-electron chi connectivity index (χ1n) is 4.84. The Bertz CT molecular complexity index is 515. The molecule has 0 fully saturated rings. The highest BCUT2D eigenvalue weighted by Gasteiger charge is 2.20. The highest BCUT2D eigenvalue weighted by molar-refractivity contribution is 6.31. The van der Waals surface area contributed by atoms with Crippen LogP contribution in [0.5, 0.6) is 0 Å². The van der Waals surface area contributed by atoms with Crippen LogP contribution < -0.4 is 0 Å². The molecule has 0 aliphatic rings. The monoisotopic (exact) mass is 272 g/mol. The normalized spacial score (nSPS) is 11.1. The number of carbonyl (C=O) groups is 1. The number of pyridine rings is 1. The smallest absolute Gasteiger partial charge is 0.373 e. The number of hydrogen-bond donors (Lipinski definition) is 1. The van der Waals surface area contributed by atoms with Gasteiger partial charge >= 0.3 is 11.7 Å². The topological polar surface area (TPSA) is 103 Å². The average Bonchev–Trinajstić information content (AvgIpc) is 2.28. The van der Waals surface area contributed by atoms with Gasteiger partial charge in [0, 0.05) is 12.3 Å². The van der Waals surface area contributed by atoms with Gasteiger partial charge in [-0.15, -0.1) is 0 Å². The van der Waals surface area contributed by atoms with Crippen molar-refractivity contribution in [1.29, 1.82) is 0 Å². The molecule has 1 N–H and O–H groups in total. The third kappa shape index (κ3) is 3.17. The predicted octanol–water partition coefficient (Wildman–Crippen LogP) is 2.11. The van der Waals surface area contributed by atoms with Crippen molar-refractivity contribution in [2.24, 2.45) is 0 Å². The number of aliphatic hydroxyl groups excluding tert-OH is 1. The maximum absolute atomic E-state index is 11.2. The summed E-state index contributed by atoms with van der Waals surface area (Å²) in [5.74, 6) is -1.72. The van der Waals surface area contributed by atoms with Crippen LogP contribution in [-0.4, -0.2) is 27.6 Å². The van der Waals surface area contributed by atoms with Crippen molar-refractivity contribution in [2.75, 3.05) is 6.61 Å². The van der Waals surface area contributed by atoms with Crippen LogP contribution in [0.15, 0.2) is 18.0 Å². The third-order valence-electron chi connectivity index (χ3n) is 1.87. The van der Waals surface area contributed by atoms with E-state index in [1.165, 1.54) is 12.3 Å². The summed E-state index contributed by atoms with van der Waals surface area (Å²) in [6, 6.07) is 1.25. The molecule has 1 heterocycles. The molecule has 1 aromatic heterocycles. The first kappa shape index (κ1) is 13.9. The van der Waals surface area contributed by atoms with Crippen LogP contribution in [0.4, 0.5) is 5.69 Å². The fraction of sp³-hybridized carbons (Fsp3) is 0.200. The number of aromatic nitrogens is 1. The van der Waals surface area contributed by atoms with Gasteiger partial charge in [-0.3, -0.25) is 10.1 Å². The molecule has 0 aliphatic heterocycles. The Balaban J connectivity index is 3.18. The largest absolute Gasteiger partial charge is 0.502 e. The van der Waals surface area contributed by atoms with E-state index in [4.69, 9.17) is 11.6 Å². The van der Waals surface area contributed by atoms with E-state index in [1.807, 2.05) is 0 Å². The van der Waals surface area contributed by atoms with Crippen LogP contribution >= 0.6 is 11.6 Å². The first-order valence-corrected chi connectivity index (χ1v) is 5.21. The van der Waals surface area contributed by atoms with Crippen molar-refractivity contribution in [1.82, 2.24) is 4.98 Å². The second kappa shape index (κ2) is 5.97. The van der Waals surface area contributed by atoms with Crippen LogP contribution in [-0.2, 0) is 9.53 Å². The fourth-order valence-electron chi connectivity index (χ4n) is 1.15. The van der Waals surface area contributed by atoms with Crippen LogP contribution in [0.25, 0.3) is 6.08 Å². The van der Waals surface area contributed by atoms with Gasteiger partial charge in [-0.2, -0.15) is 0 Å². The molecular weight excluding hydrogens is 264 g/mol. The lowest BCUT2D eigenvalue weighted by Crippen LogP contribution is -2.07. The minimum atomic E-state index is -0.972. The minimum Gasteiger partial charge on any atom is -0.502 e. The predicted molar refractivity (Wildman–Crippen MR) is 63.1 cm³/mol. The van der Waals surface area contributed by atoms with Gasteiger partial charge in [-0.05, 0) is 13.0 Å². The Morgan fingerprint density at radius 3 is 2.94 bits per heavy atom. The number of aliphatic hydroxyl groups is 1. The third-order valence-corrected chi connectivity index (χ3v) is 2.15. The van der Waals surface area contributed by atoms with E-state index in [1.54, 1.807) is 6.92 Å². The lowest BCUT2D eigenvalue weighted by Gasteiger charge is -2.01.